The first kappa shape index (κ1) is 12.7. The lowest BCUT2D eigenvalue weighted by Crippen LogP contribution is -2.34. The maximum Gasteiger partial charge on any atom is 0.267 e. The van der Waals surface area contributed by atoms with Gasteiger partial charge in [-0.2, -0.15) is 0 Å². The van der Waals surface area contributed by atoms with E-state index in [-0.39, 0.29) is 21.9 Å². The van der Waals surface area contributed by atoms with Gasteiger partial charge in [-0.1, -0.05) is 23.2 Å². The van der Waals surface area contributed by atoms with Gasteiger partial charge in [0.15, 0.2) is 0 Å². The Morgan fingerprint density at radius 3 is 1.47 bits per heavy atom. The first-order valence-electron chi connectivity index (χ1n) is 5.75. The van der Waals surface area contributed by atoms with Crippen LogP contribution in [0.25, 0.3) is 0 Å². The summed E-state index contributed by atoms with van der Waals surface area (Å²) in [5, 5.41) is -0.295. The van der Waals surface area contributed by atoms with E-state index in [1.165, 1.54) is 0 Å². The SMILES string of the molecule is O=C1/C(Cl)=C(/Cl)C(=O)N2CCCCN1CCC2. The molecule has 0 aromatic heterocycles. The predicted octanol–water partition coefficient (Wildman–Crippen LogP) is 1.53. The zero-order chi connectivity index (χ0) is 12.4. The molecule has 0 N–H and O–H groups in total. The Hall–Kier alpha value is -0.740. The molecule has 17 heavy (non-hydrogen) atoms. The number of hydrogen-bond acceptors (Lipinski definition) is 2. The molecular formula is C11H14Cl2N2O2. The molecule has 2 heterocycles. The summed E-state index contributed by atoms with van der Waals surface area (Å²) in [4.78, 5) is 27.4. The molecule has 0 aromatic rings. The average Bonchev–Trinajstić information content (AvgIpc) is 2.47. The molecule has 0 aliphatic carbocycles. The van der Waals surface area contributed by atoms with Crippen molar-refractivity contribution in [3.05, 3.63) is 10.1 Å². The van der Waals surface area contributed by atoms with Crippen LogP contribution in [0.3, 0.4) is 0 Å². The Labute approximate surface area is 110 Å². The van der Waals surface area contributed by atoms with Crippen molar-refractivity contribution in [3.8, 4) is 0 Å². The Balaban J connectivity index is 2.42. The van der Waals surface area contributed by atoms with Gasteiger partial charge in [0.25, 0.3) is 11.8 Å². The Kier molecular flexibility index (Phi) is 3.94. The van der Waals surface area contributed by atoms with Crippen molar-refractivity contribution >= 4 is 35.0 Å². The highest BCUT2D eigenvalue weighted by Gasteiger charge is 2.29. The lowest BCUT2D eigenvalue weighted by Gasteiger charge is -2.22. The van der Waals surface area contributed by atoms with Crippen molar-refractivity contribution in [2.24, 2.45) is 0 Å². The molecule has 6 heteroatoms. The van der Waals surface area contributed by atoms with E-state index in [1.54, 1.807) is 9.80 Å². The number of rotatable bonds is 0. The molecule has 94 valence electrons. The van der Waals surface area contributed by atoms with Gasteiger partial charge in [-0.25, -0.2) is 0 Å². The fourth-order valence-corrected chi connectivity index (χ4v) is 2.55. The zero-order valence-electron chi connectivity index (χ0n) is 9.42. The van der Waals surface area contributed by atoms with Crippen molar-refractivity contribution in [1.82, 2.24) is 9.80 Å². The van der Waals surface area contributed by atoms with E-state index in [9.17, 15) is 9.59 Å². The lowest BCUT2D eigenvalue weighted by molar-refractivity contribution is -0.128. The third kappa shape index (κ3) is 2.58. The Bertz CT molecular complexity index is 348. The second-order valence-electron chi connectivity index (χ2n) is 4.27. The molecule has 0 aromatic carbocycles. The van der Waals surface area contributed by atoms with Crippen LogP contribution in [0.2, 0.25) is 0 Å². The van der Waals surface area contributed by atoms with E-state index >= 15 is 0 Å². The molecule has 0 spiro atoms. The van der Waals surface area contributed by atoms with Gasteiger partial charge in [0, 0.05) is 26.2 Å². The normalized spacial score (nSPS) is 27.4. The molecular weight excluding hydrogens is 263 g/mol. The Morgan fingerprint density at radius 1 is 0.706 bits per heavy atom. The molecule has 4 nitrogen and oxygen atoms in total. The van der Waals surface area contributed by atoms with Crippen LogP contribution < -0.4 is 0 Å². The number of nitrogens with zero attached hydrogens (tertiary/aromatic N) is 2. The van der Waals surface area contributed by atoms with Crippen LogP contribution in [-0.2, 0) is 9.59 Å². The highest BCUT2D eigenvalue weighted by Crippen LogP contribution is 2.23. The largest absolute Gasteiger partial charge is 0.338 e. The summed E-state index contributed by atoms with van der Waals surface area (Å²) in [5.41, 5.74) is 0. The molecule has 0 unspecified atom stereocenters. The van der Waals surface area contributed by atoms with Crippen LogP contribution in [-0.4, -0.2) is 47.8 Å². The predicted molar refractivity (Wildman–Crippen MR) is 65.7 cm³/mol. The minimum Gasteiger partial charge on any atom is -0.338 e. The van der Waals surface area contributed by atoms with Crippen molar-refractivity contribution < 1.29 is 9.59 Å². The molecule has 0 saturated carbocycles. The van der Waals surface area contributed by atoms with E-state index in [1.807, 2.05) is 0 Å². The van der Waals surface area contributed by atoms with Gasteiger partial charge in [0.1, 0.15) is 10.1 Å². The quantitative estimate of drug-likeness (QED) is 0.673. The van der Waals surface area contributed by atoms with Gasteiger partial charge in [0.05, 0.1) is 0 Å². The maximum atomic E-state index is 12.0. The number of amides is 2. The van der Waals surface area contributed by atoms with Crippen LogP contribution in [0.15, 0.2) is 10.1 Å². The highest BCUT2D eigenvalue weighted by molar-refractivity contribution is 6.53. The summed E-state index contributed by atoms with van der Waals surface area (Å²) in [6.45, 7) is 2.62. The van der Waals surface area contributed by atoms with Crippen LogP contribution in [0, 0.1) is 0 Å². The average molecular weight is 277 g/mol. The molecule has 2 bridgehead atoms. The summed E-state index contributed by atoms with van der Waals surface area (Å²) in [5.74, 6) is -0.650. The lowest BCUT2D eigenvalue weighted by atomic mass is 10.2. The molecule has 2 aliphatic rings. The third-order valence-corrected chi connectivity index (χ3v) is 3.90. The summed E-state index contributed by atoms with van der Waals surface area (Å²) in [7, 11) is 0. The minimum atomic E-state index is -0.325. The maximum absolute atomic E-state index is 12.0. The number of carbonyl (C=O) groups excluding carboxylic acids is 2. The summed E-state index contributed by atoms with van der Waals surface area (Å²) in [6, 6.07) is 0. The second-order valence-corrected chi connectivity index (χ2v) is 5.03. The summed E-state index contributed by atoms with van der Waals surface area (Å²) >= 11 is 11.8. The van der Waals surface area contributed by atoms with Gasteiger partial charge in [0.2, 0.25) is 0 Å². The third-order valence-electron chi connectivity index (χ3n) is 3.10. The van der Waals surface area contributed by atoms with Crippen molar-refractivity contribution in [2.45, 2.75) is 19.3 Å². The Morgan fingerprint density at radius 2 is 1.06 bits per heavy atom. The van der Waals surface area contributed by atoms with Crippen molar-refractivity contribution in [3.63, 3.8) is 0 Å². The van der Waals surface area contributed by atoms with Crippen LogP contribution in [0.1, 0.15) is 19.3 Å². The fourth-order valence-electron chi connectivity index (χ4n) is 2.15. The number of carbonyl (C=O) groups is 2. The fraction of sp³-hybridized carbons (Fsp3) is 0.636. The van der Waals surface area contributed by atoms with Crippen molar-refractivity contribution in [2.75, 3.05) is 26.2 Å². The van der Waals surface area contributed by atoms with E-state index in [2.05, 4.69) is 0 Å². The number of hydrogen-bond donors (Lipinski definition) is 0. The van der Waals surface area contributed by atoms with E-state index < -0.39 is 0 Å². The molecule has 2 rings (SSSR count). The van der Waals surface area contributed by atoms with E-state index in [0.29, 0.717) is 26.2 Å². The number of halogens is 2. The smallest absolute Gasteiger partial charge is 0.267 e. The zero-order valence-corrected chi connectivity index (χ0v) is 10.9. The van der Waals surface area contributed by atoms with Gasteiger partial charge < -0.3 is 9.80 Å². The standard InChI is InChI=1S/C11H14Cl2N2O2/c12-8-9(13)11(17)15-5-2-1-4-14(10(8)16)6-3-7-15/h1-7H2/b9-8-. The molecule has 0 radical (unpaired) electrons. The summed E-state index contributed by atoms with van der Waals surface area (Å²) < 4.78 is 0. The molecule has 0 atom stereocenters. The van der Waals surface area contributed by atoms with Crippen LogP contribution >= 0.6 is 23.2 Å². The van der Waals surface area contributed by atoms with E-state index in [4.69, 9.17) is 23.2 Å². The first-order valence-corrected chi connectivity index (χ1v) is 6.50. The molecule has 1 saturated heterocycles. The van der Waals surface area contributed by atoms with Gasteiger partial charge in [-0.05, 0) is 19.3 Å². The van der Waals surface area contributed by atoms with Gasteiger partial charge in [-0.3, -0.25) is 9.59 Å². The summed E-state index contributed by atoms with van der Waals surface area (Å²) in [6.07, 6.45) is 2.54. The first-order chi connectivity index (χ1) is 8.11. The van der Waals surface area contributed by atoms with Gasteiger partial charge in [-0.15, -0.1) is 0 Å². The molecule has 2 amide bonds. The van der Waals surface area contributed by atoms with Gasteiger partial charge >= 0.3 is 0 Å². The minimum absolute atomic E-state index is 0.148. The topological polar surface area (TPSA) is 40.6 Å². The van der Waals surface area contributed by atoms with Crippen LogP contribution in [0.5, 0.6) is 0 Å². The van der Waals surface area contributed by atoms with Crippen molar-refractivity contribution in [1.29, 1.82) is 0 Å². The second kappa shape index (κ2) is 5.27. The monoisotopic (exact) mass is 276 g/mol. The van der Waals surface area contributed by atoms with Crippen LogP contribution in [0.4, 0.5) is 0 Å². The molecule has 2 aliphatic heterocycles. The van der Waals surface area contributed by atoms with E-state index in [0.717, 1.165) is 19.3 Å². The molecule has 1 fully saturated rings. The number of fused-ring (bicyclic) bond motifs is 4. The highest BCUT2D eigenvalue weighted by atomic mass is 35.5.